The van der Waals surface area contributed by atoms with Gasteiger partial charge in [0.2, 0.25) is 0 Å². The number of hydrogen-bond donors (Lipinski definition) is 0. The molecule has 0 nitrogen and oxygen atoms in total. The van der Waals surface area contributed by atoms with Gasteiger partial charge in [-0.25, -0.2) is 0 Å². The zero-order valence-electron chi connectivity index (χ0n) is 28.5. The molecule has 0 radical (unpaired) electrons. The second-order valence-corrected chi connectivity index (χ2v) is 14.1. The highest BCUT2D eigenvalue weighted by molar-refractivity contribution is 5.83. The highest BCUT2D eigenvalue weighted by Gasteiger charge is 2.53. The van der Waals surface area contributed by atoms with E-state index < -0.39 is 5.41 Å². The van der Waals surface area contributed by atoms with Crippen molar-refractivity contribution in [2.24, 2.45) is 0 Å². The Balaban J connectivity index is 1.35. The first-order chi connectivity index (χ1) is 24.7. The third-order valence-electron chi connectivity index (χ3n) is 11.2. The Hall–Kier alpha value is -5.72. The Morgan fingerprint density at radius 1 is 0.460 bits per heavy atom. The summed E-state index contributed by atoms with van der Waals surface area (Å²) in [5, 5.41) is 0. The third kappa shape index (κ3) is 5.06. The van der Waals surface area contributed by atoms with Gasteiger partial charge >= 0.3 is 0 Å². The lowest BCUT2D eigenvalue weighted by molar-refractivity contribution is 0.415. The Kier molecular flexibility index (Phi) is 7.66. The van der Waals surface area contributed by atoms with Crippen molar-refractivity contribution in [3.63, 3.8) is 0 Å². The van der Waals surface area contributed by atoms with Crippen molar-refractivity contribution in [3.8, 4) is 11.1 Å². The Morgan fingerprint density at radius 3 is 1.44 bits per heavy atom. The second kappa shape index (κ2) is 12.6. The number of aryl methyl sites for hydroxylation is 1. The monoisotopic (exact) mass is 640 g/mol. The summed E-state index contributed by atoms with van der Waals surface area (Å²) >= 11 is 0. The van der Waals surface area contributed by atoms with E-state index in [1.54, 1.807) is 0 Å². The van der Waals surface area contributed by atoms with E-state index in [0.717, 1.165) is 12.8 Å². The molecule has 2 aliphatic rings. The molecule has 0 aromatic heterocycles. The predicted octanol–water partition coefficient (Wildman–Crippen LogP) is 12.1. The summed E-state index contributed by atoms with van der Waals surface area (Å²) in [6.07, 6.45) is 6.70. The molecule has 2 aliphatic carbocycles. The fraction of sp³-hybridized carbons (Fsp3) is 0.120. The van der Waals surface area contributed by atoms with E-state index in [0.29, 0.717) is 0 Å². The van der Waals surface area contributed by atoms with Crippen LogP contribution in [0.3, 0.4) is 0 Å². The van der Waals surface area contributed by atoms with E-state index in [1.165, 1.54) is 72.3 Å². The van der Waals surface area contributed by atoms with Crippen molar-refractivity contribution in [1.29, 1.82) is 0 Å². The molecule has 0 N–H and O–H groups in total. The summed E-state index contributed by atoms with van der Waals surface area (Å²) in [7, 11) is 0. The molecular formula is C50H40. The lowest BCUT2D eigenvalue weighted by Gasteiger charge is -2.46. The van der Waals surface area contributed by atoms with Crippen LogP contribution >= 0.6 is 0 Å². The van der Waals surface area contributed by atoms with Gasteiger partial charge < -0.3 is 0 Å². The van der Waals surface area contributed by atoms with Gasteiger partial charge in [0.15, 0.2) is 0 Å². The van der Waals surface area contributed by atoms with Gasteiger partial charge in [-0.05, 0) is 92.1 Å². The van der Waals surface area contributed by atoms with Crippen LogP contribution in [0.2, 0.25) is 0 Å². The normalized spacial score (nSPS) is 14.7. The smallest absolute Gasteiger partial charge is 0.0415 e. The molecule has 0 aliphatic heterocycles. The summed E-state index contributed by atoms with van der Waals surface area (Å²) in [5.41, 5.74) is 17.3. The first kappa shape index (κ1) is 30.3. The largest absolute Gasteiger partial charge is 0.0751 e. The highest BCUT2D eigenvalue weighted by Crippen LogP contribution is 2.63. The quantitative estimate of drug-likeness (QED) is 0.155. The summed E-state index contributed by atoms with van der Waals surface area (Å²) in [5.74, 6) is 0.201. The van der Waals surface area contributed by atoms with Crippen LogP contribution in [0, 0.1) is 6.92 Å². The Bertz CT molecular complexity index is 2180. The minimum atomic E-state index is -0.423. The molecule has 0 spiro atoms. The minimum absolute atomic E-state index is 0.0731. The zero-order valence-corrected chi connectivity index (χ0v) is 28.5. The van der Waals surface area contributed by atoms with E-state index in [9.17, 15) is 0 Å². The third-order valence-corrected chi connectivity index (χ3v) is 11.2. The van der Waals surface area contributed by atoms with Gasteiger partial charge in [0.25, 0.3) is 0 Å². The predicted molar refractivity (Wildman–Crippen MR) is 209 cm³/mol. The molecule has 0 heterocycles. The van der Waals surface area contributed by atoms with E-state index in [-0.39, 0.29) is 11.8 Å². The van der Waals surface area contributed by atoms with Crippen molar-refractivity contribution in [2.75, 3.05) is 0 Å². The molecule has 7 aromatic carbocycles. The standard InChI is InChI=1S/C50H40/c1-35-15-14-20-40-27-30-47(48(35)40)50(41-21-10-4-11-22-41,42-23-12-5-13-24-42)49-45-33-38(31-36-16-6-2-7-17-36)25-28-43(45)44-29-26-39(34-46(44)49)32-37-18-8-3-9-19-37/h2-30,33-34,47,49H,31-32H2,1H3. The number of allylic oxidation sites excluding steroid dienone is 1. The van der Waals surface area contributed by atoms with Gasteiger partial charge in [-0.3, -0.25) is 0 Å². The van der Waals surface area contributed by atoms with Crippen molar-refractivity contribution in [2.45, 2.75) is 37.0 Å². The number of fused-ring (bicyclic) bond motifs is 4. The molecule has 0 saturated heterocycles. The van der Waals surface area contributed by atoms with Gasteiger partial charge in [-0.1, -0.05) is 188 Å². The molecule has 1 atom stereocenters. The molecule has 0 fully saturated rings. The minimum Gasteiger partial charge on any atom is -0.0751 e. The second-order valence-electron chi connectivity index (χ2n) is 14.1. The first-order valence-electron chi connectivity index (χ1n) is 17.9. The molecule has 7 aromatic rings. The first-order valence-corrected chi connectivity index (χ1v) is 17.9. The van der Waals surface area contributed by atoms with Gasteiger partial charge in [-0.2, -0.15) is 0 Å². The molecule has 0 amide bonds. The van der Waals surface area contributed by atoms with Crippen LogP contribution in [0.25, 0.3) is 17.2 Å². The van der Waals surface area contributed by atoms with Crippen molar-refractivity contribution < 1.29 is 0 Å². The van der Waals surface area contributed by atoms with Crippen LogP contribution in [-0.4, -0.2) is 0 Å². The topological polar surface area (TPSA) is 0 Å². The summed E-state index contributed by atoms with van der Waals surface area (Å²) < 4.78 is 0. The van der Waals surface area contributed by atoms with E-state index in [1.807, 2.05) is 0 Å². The maximum Gasteiger partial charge on any atom is 0.0415 e. The van der Waals surface area contributed by atoms with Crippen LogP contribution in [-0.2, 0) is 18.3 Å². The fourth-order valence-electron chi connectivity index (χ4n) is 9.15. The van der Waals surface area contributed by atoms with Crippen molar-refractivity contribution >= 4 is 6.08 Å². The SMILES string of the molecule is Cc1cccc2c1C(C(c1ccccc1)(c1ccccc1)C1c3cc(Cc4ccccc4)ccc3-c3ccc(Cc4ccccc4)cc31)C=C2. The number of hydrogen-bond acceptors (Lipinski definition) is 0. The van der Waals surface area contributed by atoms with Gasteiger partial charge in [0.1, 0.15) is 0 Å². The highest BCUT2D eigenvalue weighted by atomic mass is 14.5. The zero-order chi connectivity index (χ0) is 33.5. The van der Waals surface area contributed by atoms with Gasteiger partial charge in [0, 0.05) is 17.3 Å². The number of benzene rings is 7. The lowest BCUT2D eigenvalue weighted by atomic mass is 9.55. The van der Waals surface area contributed by atoms with Crippen LogP contribution < -0.4 is 0 Å². The van der Waals surface area contributed by atoms with Crippen LogP contribution in [0.4, 0.5) is 0 Å². The molecule has 0 bridgehead atoms. The molecule has 1 unspecified atom stereocenters. The molecule has 0 saturated carbocycles. The summed E-state index contributed by atoms with van der Waals surface area (Å²) in [4.78, 5) is 0. The fourth-order valence-corrected chi connectivity index (χ4v) is 9.15. The lowest BCUT2D eigenvalue weighted by Crippen LogP contribution is -2.40. The van der Waals surface area contributed by atoms with Crippen LogP contribution in [0.15, 0.2) is 182 Å². The van der Waals surface area contributed by atoms with Crippen molar-refractivity contribution in [1.82, 2.24) is 0 Å². The Morgan fingerprint density at radius 2 is 0.940 bits per heavy atom. The average Bonchev–Trinajstić information content (AvgIpc) is 3.74. The molecule has 0 heteroatoms. The van der Waals surface area contributed by atoms with Crippen molar-refractivity contribution in [3.05, 3.63) is 243 Å². The maximum absolute atomic E-state index is 2.54. The average molecular weight is 641 g/mol. The maximum atomic E-state index is 2.54. The van der Waals surface area contributed by atoms with Gasteiger partial charge in [0.05, 0.1) is 0 Å². The van der Waals surface area contributed by atoms with E-state index >= 15 is 0 Å². The molecular weight excluding hydrogens is 601 g/mol. The number of rotatable bonds is 8. The van der Waals surface area contributed by atoms with E-state index in [4.69, 9.17) is 0 Å². The van der Waals surface area contributed by atoms with Crippen LogP contribution in [0.5, 0.6) is 0 Å². The molecule has 240 valence electrons. The molecule has 9 rings (SSSR count). The van der Waals surface area contributed by atoms with Gasteiger partial charge in [-0.15, -0.1) is 0 Å². The van der Waals surface area contributed by atoms with E-state index in [2.05, 4.69) is 195 Å². The molecule has 50 heavy (non-hydrogen) atoms. The summed E-state index contributed by atoms with van der Waals surface area (Å²) in [6.45, 7) is 2.30. The Labute approximate surface area is 296 Å². The van der Waals surface area contributed by atoms with Crippen LogP contribution in [0.1, 0.15) is 73.0 Å². The summed E-state index contributed by atoms with van der Waals surface area (Å²) in [6, 6.07) is 66.0.